The van der Waals surface area contributed by atoms with Gasteiger partial charge in [-0.15, -0.1) is 0 Å². The fraction of sp³-hybridized carbons (Fsp3) is 0.238. The van der Waals surface area contributed by atoms with E-state index in [4.69, 9.17) is 0 Å². The average Bonchev–Trinajstić information content (AvgIpc) is 2.69. The zero-order valence-corrected chi connectivity index (χ0v) is 14.7. The Bertz CT molecular complexity index is 1050. The van der Waals surface area contributed by atoms with Crippen LogP contribution in [-0.4, -0.2) is 17.0 Å². The highest BCUT2D eigenvalue weighted by atomic mass is 16.2. The molecule has 0 spiro atoms. The first-order valence-corrected chi connectivity index (χ1v) is 8.82. The Kier molecular flexibility index (Phi) is 4.31. The Morgan fingerprint density at radius 1 is 1.15 bits per heavy atom. The Morgan fingerprint density at radius 3 is 2.81 bits per heavy atom. The number of rotatable bonds is 3. The normalized spacial score (nSPS) is 13.4. The molecular formula is C21H21N3O2. The summed E-state index contributed by atoms with van der Waals surface area (Å²) in [5.74, 6) is -0.164. The van der Waals surface area contributed by atoms with Crippen molar-refractivity contribution in [3.05, 3.63) is 81.3 Å². The van der Waals surface area contributed by atoms with Crippen LogP contribution in [0.2, 0.25) is 0 Å². The van der Waals surface area contributed by atoms with Crippen LogP contribution < -0.4 is 16.2 Å². The highest BCUT2D eigenvalue weighted by Gasteiger charge is 2.16. The number of hydrogen-bond donors (Lipinski definition) is 2. The van der Waals surface area contributed by atoms with Gasteiger partial charge in [0.25, 0.3) is 11.5 Å². The quantitative estimate of drug-likeness (QED) is 0.763. The van der Waals surface area contributed by atoms with Crippen LogP contribution in [0.4, 0.5) is 0 Å². The lowest BCUT2D eigenvalue weighted by atomic mass is 9.95. The van der Waals surface area contributed by atoms with E-state index in [9.17, 15) is 9.59 Å². The maximum Gasteiger partial charge on any atom is 0.258 e. The molecule has 4 rings (SSSR count). The van der Waals surface area contributed by atoms with Crippen molar-refractivity contribution in [1.82, 2.24) is 15.2 Å². The third kappa shape index (κ3) is 2.91. The number of fused-ring (bicyclic) bond motifs is 2. The molecule has 0 aliphatic carbocycles. The van der Waals surface area contributed by atoms with Crippen LogP contribution in [0.1, 0.15) is 27.0 Å². The monoisotopic (exact) mass is 347 g/mol. The highest BCUT2D eigenvalue weighted by Crippen LogP contribution is 2.19. The fourth-order valence-corrected chi connectivity index (χ4v) is 3.64. The second kappa shape index (κ2) is 6.77. The van der Waals surface area contributed by atoms with Gasteiger partial charge in [-0.25, -0.2) is 0 Å². The van der Waals surface area contributed by atoms with E-state index < -0.39 is 0 Å². The summed E-state index contributed by atoms with van der Waals surface area (Å²) in [6.07, 6.45) is 2.59. The SMILES string of the molecule is Cn1cc(C(=O)NCc2cccc3c2CCNC3)c2ccccc2c1=O. The first-order chi connectivity index (χ1) is 12.6. The number of carbonyl (C=O) groups excluding carboxylic acids is 1. The van der Waals surface area contributed by atoms with Gasteiger partial charge in [0.15, 0.2) is 0 Å². The molecule has 3 aromatic rings. The molecule has 1 amide bonds. The molecule has 0 atom stereocenters. The lowest BCUT2D eigenvalue weighted by molar-refractivity contribution is 0.0951. The average molecular weight is 347 g/mol. The Balaban J connectivity index is 1.63. The van der Waals surface area contributed by atoms with E-state index in [0.29, 0.717) is 22.9 Å². The largest absolute Gasteiger partial charge is 0.348 e. The predicted octanol–water partition coefficient (Wildman–Crippen LogP) is 2.11. The van der Waals surface area contributed by atoms with Crippen LogP contribution in [0.3, 0.4) is 0 Å². The van der Waals surface area contributed by atoms with Gasteiger partial charge in [-0.2, -0.15) is 0 Å². The van der Waals surface area contributed by atoms with Crippen molar-refractivity contribution in [2.75, 3.05) is 6.54 Å². The van der Waals surface area contributed by atoms with Gasteiger partial charge >= 0.3 is 0 Å². The summed E-state index contributed by atoms with van der Waals surface area (Å²) in [5.41, 5.74) is 4.22. The van der Waals surface area contributed by atoms with Crippen LogP contribution in [0.25, 0.3) is 10.8 Å². The lowest BCUT2D eigenvalue weighted by Crippen LogP contribution is -2.29. The van der Waals surface area contributed by atoms with E-state index >= 15 is 0 Å². The van der Waals surface area contributed by atoms with Crippen LogP contribution in [0, 0.1) is 0 Å². The molecule has 0 saturated heterocycles. The van der Waals surface area contributed by atoms with Crippen molar-refractivity contribution < 1.29 is 4.79 Å². The molecular weight excluding hydrogens is 326 g/mol. The summed E-state index contributed by atoms with van der Waals surface area (Å²) in [7, 11) is 1.67. The second-order valence-electron chi connectivity index (χ2n) is 6.67. The molecule has 1 aromatic heterocycles. The molecule has 1 aliphatic heterocycles. The summed E-state index contributed by atoms with van der Waals surface area (Å²) in [6, 6.07) is 13.5. The summed E-state index contributed by atoms with van der Waals surface area (Å²) >= 11 is 0. The number of hydrogen-bond acceptors (Lipinski definition) is 3. The van der Waals surface area contributed by atoms with Gasteiger partial charge in [-0.3, -0.25) is 9.59 Å². The molecule has 5 nitrogen and oxygen atoms in total. The minimum absolute atomic E-state index is 0.0956. The molecule has 0 saturated carbocycles. The Labute approximate surface area is 151 Å². The van der Waals surface area contributed by atoms with Crippen molar-refractivity contribution in [3.63, 3.8) is 0 Å². The van der Waals surface area contributed by atoms with Crippen LogP contribution in [0.5, 0.6) is 0 Å². The minimum Gasteiger partial charge on any atom is -0.348 e. The first-order valence-electron chi connectivity index (χ1n) is 8.82. The minimum atomic E-state index is -0.164. The number of nitrogens with zero attached hydrogens (tertiary/aromatic N) is 1. The summed E-state index contributed by atoms with van der Waals surface area (Å²) in [5, 5.41) is 7.65. The first kappa shape index (κ1) is 16.5. The van der Waals surface area contributed by atoms with Crippen molar-refractivity contribution >= 4 is 16.7 Å². The van der Waals surface area contributed by atoms with Crippen LogP contribution in [-0.2, 0) is 26.6 Å². The van der Waals surface area contributed by atoms with Gasteiger partial charge in [-0.1, -0.05) is 36.4 Å². The summed E-state index contributed by atoms with van der Waals surface area (Å²) in [4.78, 5) is 25.1. The predicted molar refractivity (Wildman–Crippen MR) is 102 cm³/mol. The number of carbonyl (C=O) groups is 1. The molecule has 0 bridgehead atoms. The molecule has 5 heteroatoms. The van der Waals surface area contributed by atoms with Gasteiger partial charge in [0.2, 0.25) is 0 Å². The topological polar surface area (TPSA) is 63.1 Å². The van der Waals surface area contributed by atoms with E-state index in [1.54, 1.807) is 19.3 Å². The third-order valence-electron chi connectivity index (χ3n) is 5.01. The van der Waals surface area contributed by atoms with Crippen molar-refractivity contribution in [1.29, 1.82) is 0 Å². The zero-order valence-electron chi connectivity index (χ0n) is 14.7. The molecule has 132 valence electrons. The number of benzene rings is 2. The van der Waals surface area contributed by atoms with Gasteiger partial charge in [-0.05, 0) is 35.7 Å². The molecule has 1 aliphatic rings. The molecule has 2 N–H and O–H groups in total. The zero-order chi connectivity index (χ0) is 18.1. The number of aromatic nitrogens is 1. The molecule has 0 radical (unpaired) electrons. The van der Waals surface area contributed by atoms with E-state index in [1.807, 2.05) is 24.3 Å². The van der Waals surface area contributed by atoms with E-state index in [2.05, 4.69) is 22.8 Å². The number of aryl methyl sites for hydroxylation is 1. The third-order valence-corrected chi connectivity index (χ3v) is 5.01. The van der Waals surface area contributed by atoms with Crippen molar-refractivity contribution in [3.8, 4) is 0 Å². The van der Waals surface area contributed by atoms with Crippen LogP contribution >= 0.6 is 0 Å². The molecule has 0 unspecified atom stereocenters. The molecule has 2 aromatic carbocycles. The van der Waals surface area contributed by atoms with Gasteiger partial charge < -0.3 is 15.2 Å². The highest BCUT2D eigenvalue weighted by molar-refractivity contribution is 6.06. The number of nitrogens with one attached hydrogen (secondary N) is 2. The smallest absolute Gasteiger partial charge is 0.258 e. The molecule has 2 heterocycles. The second-order valence-corrected chi connectivity index (χ2v) is 6.67. The standard InChI is InChI=1S/C21H21N3O2/c1-24-13-19(17-7-2-3-8-18(17)21(24)26)20(25)23-12-15-6-4-5-14-11-22-10-9-16(14)15/h2-8,13,22H,9-12H2,1H3,(H,23,25). The maximum atomic E-state index is 12.8. The van der Waals surface area contributed by atoms with Gasteiger partial charge in [0.1, 0.15) is 0 Å². The lowest BCUT2D eigenvalue weighted by Gasteiger charge is -2.20. The molecule has 26 heavy (non-hydrogen) atoms. The Hall–Kier alpha value is -2.92. The van der Waals surface area contributed by atoms with E-state index in [-0.39, 0.29) is 11.5 Å². The van der Waals surface area contributed by atoms with Crippen molar-refractivity contribution in [2.45, 2.75) is 19.5 Å². The van der Waals surface area contributed by atoms with Crippen LogP contribution in [0.15, 0.2) is 53.5 Å². The fourth-order valence-electron chi connectivity index (χ4n) is 3.64. The van der Waals surface area contributed by atoms with Gasteiger partial charge in [0.05, 0.1) is 5.56 Å². The van der Waals surface area contributed by atoms with E-state index in [0.717, 1.165) is 25.1 Å². The number of amides is 1. The number of pyridine rings is 1. The summed E-state index contributed by atoms with van der Waals surface area (Å²) in [6.45, 7) is 2.32. The Morgan fingerprint density at radius 2 is 1.96 bits per heavy atom. The van der Waals surface area contributed by atoms with E-state index in [1.165, 1.54) is 15.7 Å². The van der Waals surface area contributed by atoms with Crippen molar-refractivity contribution in [2.24, 2.45) is 7.05 Å². The molecule has 0 fully saturated rings. The maximum absolute atomic E-state index is 12.8. The van der Waals surface area contributed by atoms with Gasteiger partial charge in [0, 0.05) is 37.1 Å². The summed E-state index contributed by atoms with van der Waals surface area (Å²) < 4.78 is 1.47.